The molecule has 3 aromatic carbocycles. The Balaban J connectivity index is 1.76. The molecule has 4 aromatic rings. The number of carbonyl (C=O) groups excluding carboxylic acids is 1. The van der Waals surface area contributed by atoms with Crippen LogP contribution in [-0.2, 0) is 11.3 Å². The Labute approximate surface area is 189 Å². The van der Waals surface area contributed by atoms with Crippen LogP contribution in [0.25, 0.3) is 22.4 Å². The average molecular weight is 456 g/mol. The summed E-state index contributed by atoms with van der Waals surface area (Å²) in [6, 6.07) is 18.0. The van der Waals surface area contributed by atoms with Crippen LogP contribution in [0.3, 0.4) is 0 Å². The van der Waals surface area contributed by atoms with Crippen molar-refractivity contribution in [3.63, 3.8) is 0 Å². The molecule has 158 valence electrons. The number of anilines is 1. The number of methoxy groups -OCH3 is 2. The Bertz CT molecular complexity index is 1250. The standard InChI is InChI=1S/C23H19Cl2N3O3/c1-30-17-7-8-21(31-2)18(12-17)23-27-19-5-3-4-6-20(19)28(23)13-22(29)26-16-10-14(24)9-15(25)11-16/h3-12H,13H2,1-2H3,(H,26,29). The number of fused-ring (bicyclic) bond motifs is 1. The monoisotopic (exact) mass is 455 g/mol. The number of ether oxygens (including phenoxy) is 2. The van der Waals surface area contributed by atoms with E-state index >= 15 is 0 Å². The lowest BCUT2D eigenvalue weighted by Crippen LogP contribution is -2.19. The number of nitrogens with zero attached hydrogens (tertiary/aromatic N) is 2. The molecule has 0 saturated heterocycles. The minimum Gasteiger partial charge on any atom is -0.497 e. The lowest BCUT2D eigenvalue weighted by molar-refractivity contribution is -0.116. The van der Waals surface area contributed by atoms with Crippen molar-refractivity contribution >= 4 is 45.8 Å². The van der Waals surface area contributed by atoms with E-state index in [1.807, 2.05) is 47.0 Å². The first-order valence-electron chi connectivity index (χ1n) is 9.42. The van der Waals surface area contributed by atoms with Crippen LogP contribution in [-0.4, -0.2) is 29.7 Å². The van der Waals surface area contributed by atoms with E-state index < -0.39 is 0 Å². The van der Waals surface area contributed by atoms with Crippen molar-refractivity contribution in [2.24, 2.45) is 0 Å². The molecule has 0 spiro atoms. The van der Waals surface area contributed by atoms with Gasteiger partial charge in [-0.15, -0.1) is 0 Å². The van der Waals surface area contributed by atoms with Crippen molar-refractivity contribution in [2.45, 2.75) is 6.54 Å². The normalized spacial score (nSPS) is 10.8. The number of amides is 1. The van der Waals surface area contributed by atoms with Crippen LogP contribution < -0.4 is 14.8 Å². The topological polar surface area (TPSA) is 65.4 Å². The van der Waals surface area contributed by atoms with E-state index in [-0.39, 0.29) is 12.5 Å². The summed E-state index contributed by atoms with van der Waals surface area (Å²) in [4.78, 5) is 17.7. The summed E-state index contributed by atoms with van der Waals surface area (Å²) in [5.74, 6) is 1.63. The largest absolute Gasteiger partial charge is 0.497 e. The summed E-state index contributed by atoms with van der Waals surface area (Å²) in [5, 5.41) is 3.73. The molecule has 6 nitrogen and oxygen atoms in total. The van der Waals surface area contributed by atoms with Gasteiger partial charge in [0.2, 0.25) is 5.91 Å². The molecule has 0 aliphatic heterocycles. The zero-order valence-electron chi connectivity index (χ0n) is 16.9. The Morgan fingerprint density at radius 3 is 2.45 bits per heavy atom. The maximum atomic E-state index is 12.9. The fourth-order valence-electron chi connectivity index (χ4n) is 3.40. The molecule has 0 aliphatic rings. The summed E-state index contributed by atoms with van der Waals surface area (Å²) >= 11 is 12.1. The molecule has 0 saturated carbocycles. The summed E-state index contributed by atoms with van der Waals surface area (Å²) in [5.41, 5.74) is 2.83. The molecular formula is C23H19Cl2N3O3. The quantitative estimate of drug-likeness (QED) is 0.406. The molecule has 0 aliphatic carbocycles. The van der Waals surface area contributed by atoms with Crippen LogP contribution in [0.15, 0.2) is 60.7 Å². The van der Waals surface area contributed by atoms with Crippen molar-refractivity contribution in [1.82, 2.24) is 9.55 Å². The number of aromatic nitrogens is 2. The number of hydrogen-bond donors (Lipinski definition) is 1. The second kappa shape index (κ2) is 8.88. The van der Waals surface area contributed by atoms with Gasteiger partial charge in [0.05, 0.1) is 30.8 Å². The Hall–Kier alpha value is -3.22. The smallest absolute Gasteiger partial charge is 0.244 e. The van der Waals surface area contributed by atoms with Crippen molar-refractivity contribution in [3.8, 4) is 22.9 Å². The predicted molar refractivity (Wildman–Crippen MR) is 123 cm³/mol. The highest BCUT2D eigenvalue weighted by atomic mass is 35.5. The molecule has 31 heavy (non-hydrogen) atoms. The highest BCUT2D eigenvalue weighted by Crippen LogP contribution is 2.35. The first-order valence-corrected chi connectivity index (χ1v) is 10.2. The van der Waals surface area contributed by atoms with Gasteiger partial charge in [-0.1, -0.05) is 35.3 Å². The van der Waals surface area contributed by atoms with E-state index in [0.717, 1.165) is 16.6 Å². The lowest BCUT2D eigenvalue weighted by Gasteiger charge is -2.13. The van der Waals surface area contributed by atoms with Crippen molar-refractivity contribution < 1.29 is 14.3 Å². The lowest BCUT2D eigenvalue weighted by atomic mass is 10.1. The van der Waals surface area contributed by atoms with Crippen LogP contribution >= 0.6 is 23.2 Å². The second-order valence-corrected chi connectivity index (χ2v) is 7.66. The molecule has 0 atom stereocenters. The second-order valence-electron chi connectivity index (χ2n) is 6.78. The maximum absolute atomic E-state index is 12.9. The van der Waals surface area contributed by atoms with E-state index in [1.54, 1.807) is 32.4 Å². The van der Waals surface area contributed by atoms with Crippen LogP contribution in [0.2, 0.25) is 10.0 Å². The molecule has 1 aromatic heterocycles. The van der Waals surface area contributed by atoms with Gasteiger partial charge in [-0.25, -0.2) is 4.98 Å². The van der Waals surface area contributed by atoms with Gasteiger partial charge < -0.3 is 19.4 Å². The molecular weight excluding hydrogens is 437 g/mol. The fraction of sp³-hybridized carbons (Fsp3) is 0.130. The summed E-state index contributed by atoms with van der Waals surface area (Å²) in [6.45, 7) is 0.0281. The van der Waals surface area contributed by atoms with Crippen LogP contribution in [0.1, 0.15) is 0 Å². The summed E-state index contributed by atoms with van der Waals surface area (Å²) in [6.07, 6.45) is 0. The van der Waals surface area contributed by atoms with Gasteiger partial charge in [-0.05, 0) is 48.5 Å². The van der Waals surface area contributed by atoms with E-state index in [2.05, 4.69) is 5.32 Å². The van der Waals surface area contributed by atoms with Crippen molar-refractivity contribution in [1.29, 1.82) is 0 Å². The highest BCUT2D eigenvalue weighted by molar-refractivity contribution is 6.35. The average Bonchev–Trinajstić information content (AvgIpc) is 3.10. The number of nitrogens with one attached hydrogen (secondary N) is 1. The first-order chi connectivity index (χ1) is 15.0. The maximum Gasteiger partial charge on any atom is 0.244 e. The van der Waals surface area contributed by atoms with Crippen LogP contribution in [0, 0.1) is 0 Å². The Kier molecular flexibility index (Phi) is 6.02. The molecule has 0 fully saturated rings. The van der Waals surface area contributed by atoms with Gasteiger partial charge in [0.1, 0.15) is 23.9 Å². The first kappa shape index (κ1) is 21.0. The third-order valence-corrected chi connectivity index (χ3v) is 5.19. The minimum absolute atomic E-state index is 0.0281. The van der Waals surface area contributed by atoms with E-state index in [0.29, 0.717) is 33.1 Å². The van der Waals surface area contributed by atoms with Crippen molar-refractivity contribution in [3.05, 3.63) is 70.7 Å². The molecule has 8 heteroatoms. The van der Waals surface area contributed by atoms with E-state index in [9.17, 15) is 4.79 Å². The van der Waals surface area contributed by atoms with E-state index in [1.165, 1.54) is 0 Å². The Morgan fingerprint density at radius 1 is 1.00 bits per heavy atom. The summed E-state index contributed by atoms with van der Waals surface area (Å²) in [7, 11) is 3.19. The van der Waals surface area contributed by atoms with E-state index in [4.69, 9.17) is 37.7 Å². The summed E-state index contributed by atoms with van der Waals surface area (Å²) < 4.78 is 12.8. The van der Waals surface area contributed by atoms with Gasteiger partial charge >= 0.3 is 0 Å². The number of halogens is 2. The number of benzene rings is 3. The Morgan fingerprint density at radius 2 is 1.74 bits per heavy atom. The predicted octanol–water partition coefficient (Wildman–Crippen LogP) is 5.67. The number of para-hydroxylation sites is 2. The number of imidazole rings is 1. The van der Waals surface area contributed by atoms with Crippen LogP contribution in [0.5, 0.6) is 11.5 Å². The molecule has 4 rings (SSSR count). The third kappa shape index (κ3) is 4.45. The highest BCUT2D eigenvalue weighted by Gasteiger charge is 2.19. The SMILES string of the molecule is COc1ccc(OC)c(-c2nc3ccccc3n2CC(=O)Nc2cc(Cl)cc(Cl)c2)c1. The number of hydrogen-bond acceptors (Lipinski definition) is 4. The van der Waals surface area contributed by atoms with Gasteiger partial charge in [0.15, 0.2) is 0 Å². The molecule has 0 unspecified atom stereocenters. The zero-order valence-corrected chi connectivity index (χ0v) is 18.4. The molecule has 0 radical (unpaired) electrons. The van der Waals surface area contributed by atoms with Gasteiger partial charge in [-0.2, -0.15) is 0 Å². The minimum atomic E-state index is -0.246. The van der Waals surface area contributed by atoms with Gasteiger partial charge in [0, 0.05) is 15.7 Å². The number of carbonyl (C=O) groups is 1. The fourth-order valence-corrected chi connectivity index (χ4v) is 3.93. The molecule has 1 heterocycles. The molecule has 1 amide bonds. The van der Waals surface area contributed by atoms with Crippen molar-refractivity contribution in [2.75, 3.05) is 19.5 Å². The van der Waals surface area contributed by atoms with Crippen LogP contribution in [0.4, 0.5) is 5.69 Å². The molecule has 1 N–H and O–H groups in total. The van der Waals surface area contributed by atoms with Gasteiger partial charge in [0.25, 0.3) is 0 Å². The third-order valence-electron chi connectivity index (χ3n) is 4.75. The number of rotatable bonds is 6. The van der Waals surface area contributed by atoms with Gasteiger partial charge in [-0.3, -0.25) is 4.79 Å². The zero-order chi connectivity index (χ0) is 22.0. The molecule has 0 bridgehead atoms.